The molecule has 1 aromatic rings. The number of hydrogen-bond acceptors (Lipinski definition) is 4. The van der Waals surface area contributed by atoms with Crippen LogP contribution >= 0.6 is 0 Å². The highest BCUT2D eigenvalue weighted by molar-refractivity contribution is 5.97. The summed E-state index contributed by atoms with van der Waals surface area (Å²) in [6.45, 7) is 2.45. The van der Waals surface area contributed by atoms with Gasteiger partial charge in [-0.3, -0.25) is 19.4 Å². The van der Waals surface area contributed by atoms with E-state index in [1.54, 1.807) is 37.3 Å². The third-order valence-corrected chi connectivity index (χ3v) is 3.72. The predicted octanol–water partition coefficient (Wildman–Crippen LogP) is -0.157. The van der Waals surface area contributed by atoms with E-state index >= 15 is 0 Å². The van der Waals surface area contributed by atoms with Crippen molar-refractivity contribution in [2.24, 2.45) is 0 Å². The molecule has 0 spiro atoms. The molecule has 0 bridgehead atoms. The standard InChI is InChI=1S/C15H20N4O3/c1-11(20)18-7-8-19(13(10-18)15(22)17(2)3)14(21)12-5-4-6-16-9-12/h4-6,9,13H,7-8,10H2,1-3H3/t13-/m1/s1. The molecule has 1 saturated heterocycles. The fourth-order valence-electron chi connectivity index (χ4n) is 2.48. The zero-order valence-electron chi connectivity index (χ0n) is 13.0. The van der Waals surface area contributed by atoms with Gasteiger partial charge < -0.3 is 14.7 Å². The first-order valence-corrected chi connectivity index (χ1v) is 7.09. The van der Waals surface area contributed by atoms with Crippen LogP contribution in [-0.2, 0) is 9.59 Å². The normalized spacial score (nSPS) is 18.0. The maximum Gasteiger partial charge on any atom is 0.256 e. The van der Waals surface area contributed by atoms with Crippen LogP contribution in [0.1, 0.15) is 17.3 Å². The van der Waals surface area contributed by atoms with Crippen molar-refractivity contribution in [3.63, 3.8) is 0 Å². The second kappa shape index (κ2) is 6.55. The van der Waals surface area contributed by atoms with E-state index in [-0.39, 0.29) is 24.3 Å². The summed E-state index contributed by atoms with van der Waals surface area (Å²) in [5.74, 6) is -0.523. The Balaban J connectivity index is 2.26. The average Bonchev–Trinajstić information content (AvgIpc) is 2.53. The molecular formula is C15H20N4O3. The molecule has 7 heteroatoms. The molecule has 0 N–H and O–H groups in total. The lowest BCUT2D eigenvalue weighted by atomic mass is 10.1. The monoisotopic (exact) mass is 304 g/mol. The van der Waals surface area contributed by atoms with Crippen molar-refractivity contribution in [1.29, 1.82) is 0 Å². The first kappa shape index (κ1) is 15.9. The molecule has 0 unspecified atom stereocenters. The summed E-state index contributed by atoms with van der Waals surface area (Å²) < 4.78 is 0. The molecule has 1 aliphatic rings. The van der Waals surface area contributed by atoms with Crippen LogP contribution < -0.4 is 0 Å². The second-order valence-electron chi connectivity index (χ2n) is 5.45. The van der Waals surface area contributed by atoms with Crippen molar-refractivity contribution >= 4 is 17.7 Å². The Bertz CT molecular complexity index is 573. The lowest BCUT2D eigenvalue weighted by molar-refractivity contribution is -0.139. The Hall–Kier alpha value is -2.44. The van der Waals surface area contributed by atoms with E-state index in [1.807, 2.05) is 0 Å². The van der Waals surface area contributed by atoms with Gasteiger partial charge in [-0.25, -0.2) is 0 Å². The van der Waals surface area contributed by atoms with Crippen LogP contribution in [0.5, 0.6) is 0 Å². The molecule has 1 aliphatic heterocycles. The fraction of sp³-hybridized carbons (Fsp3) is 0.467. The Morgan fingerprint density at radius 1 is 1.27 bits per heavy atom. The minimum absolute atomic E-state index is 0.0926. The van der Waals surface area contributed by atoms with Gasteiger partial charge in [0, 0.05) is 46.5 Å². The smallest absolute Gasteiger partial charge is 0.256 e. The maximum atomic E-state index is 12.6. The van der Waals surface area contributed by atoms with Crippen LogP contribution in [0.3, 0.4) is 0 Å². The highest BCUT2D eigenvalue weighted by atomic mass is 16.2. The minimum Gasteiger partial charge on any atom is -0.347 e. The first-order valence-electron chi connectivity index (χ1n) is 7.09. The average molecular weight is 304 g/mol. The zero-order valence-corrected chi connectivity index (χ0v) is 13.0. The van der Waals surface area contributed by atoms with Crippen molar-refractivity contribution in [3.8, 4) is 0 Å². The Morgan fingerprint density at radius 3 is 2.55 bits per heavy atom. The maximum absolute atomic E-state index is 12.6. The molecule has 2 heterocycles. The highest BCUT2D eigenvalue weighted by Crippen LogP contribution is 2.15. The van der Waals surface area contributed by atoms with Crippen LogP contribution in [0.25, 0.3) is 0 Å². The molecular weight excluding hydrogens is 284 g/mol. The summed E-state index contributed by atoms with van der Waals surface area (Å²) in [5, 5.41) is 0. The van der Waals surface area contributed by atoms with Crippen molar-refractivity contribution in [1.82, 2.24) is 19.7 Å². The summed E-state index contributed by atoms with van der Waals surface area (Å²) in [4.78, 5) is 45.1. The van der Waals surface area contributed by atoms with E-state index in [0.29, 0.717) is 18.7 Å². The van der Waals surface area contributed by atoms with Gasteiger partial charge in [-0.15, -0.1) is 0 Å². The number of carbonyl (C=O) groups excluding carboxylic acids is 3. The molecule has 3 amide bonds. The van der Waals surface area contributed by atoms with Gasteiger partial charge in [-0.05, 0) is 12.1 Å². The molecule has 22 heavy (non-hydrogen) atoms. The minimum atomic E-state index is -0.666. The largest absolute Gasteiger partial charge is 0.347 e. The van der Waals surface area contributed by atoms with Crippen LogP contribution in [0, 0.1) is 0 Å². The summed E-state index contributed by atoms with van der Waals surface area (Å²) in [6, 6.07) is 2.69. The van der Waals surface area contributed by atoms with Gasteiger partial charge in [-0.2, -0.15) is 0 Å². The van der Waals surface area contributed by atoms with Gasteiger partial charge in [0.2, 0.25) is 11.8 Å². The first-order chi connectivity index (χ1) is 10.4. The number of piperazine rings is 1. The molecule has 0 saturated carbocycles. The number of likely N-dealkylation sites (N-methyl/N-ethyl adjacent to an activating group) is 1. The van der Waals surface area contributed by atoms with E-state index < -0.39 is 6.04 Å². The van der Waals surface area contributed by atoms with Gasteiger partial charge in [0.15, 0.2) is 0 Å². The van der Waals surface area contributed by atoms with E-state index in [9.17, 15) is 14.4 Å². The summed E-state index contributed by atoms with van der Waals surface area (Å²) >= 11 is 0. The molecule has 7 nitrogen and oxygen atoms in total. The molecule has 118 valence electrons. The van der Waals surface area contributed by atoms with Crippen molar-refractivity contribution < 1.29 is 14.4 Å². The number of aromatic nitrogens is 1. The van der Waals surface area contributed by atoms with E-state index in [2.05, 4.69) is 4.98 Å². The van der Waals surface area contributed by atoms with Crippen LogP contribution in [0.4, 0.5) is 0 Å². The highest BCUT2D eigenvalue weighted by Gasteiger charge is 2.37. The molecule has 0 aromatic carbocycles. The van der Waals surface area contributed by atoms with Gasteiger partial charge in [0.25, 0.3) is 5.91 Å². The number of pyridine rings is 1. The summed E-state index contributed by atoms with van der Waals surface area (Å²) in [5.41, 5.74) is 0.440. The Morgan fingerprint density at radius 2 is 2.00 bits per heavy atom. The van der Waals surface area contributed by atoms with Crippen LogP contribution in [0.2, 0.25) is 0 Å². The van der Waals surface area contributed by atoms with Gasteiger partial charge in [0.1, 0.15) is 6.04 Å². The van der Waals surface area contributed by atoms with Gasteiger partial charge in [0.05, 0.1) is 12.1 Å². The quantitative estimate of drug-likeness (QED) is 0.761. The number of hydrogen-bond donors (Lipinski definition) is 0. The molecule has 2 rings (SSSR count). The van der Waals surface area contributed by atoms with Crippen LogP contribution in [-0.4, -0.2) is 77.2 Å². The van der Waals surface area contributed by atoms with Crippen LogP contribution in [0.15, 0.2) is 24.5 Å². The predicted molar refractivity (Wildman–Crippen MR) is 80.0 cm³/mol. The van der Waals surface area contributed by atoms with Crippen molar-refractivity contribution in [3.05, 3.63) is 30.1 Å². The SMILES string of the molecule is CC(=O)N1CCN(C(=O)c2cccnc2)[C@@H](C(=O)N(C)C)C1. The lowest BCUT2D eigenvalue weighted by Crippen LogP contribution is -2.61. The Kier molecular flexibility index (Phi) is 4.75. The topological polar surface area (TPSA) is 73.8 Å². The van der Waals surface area contributed by atoms with E-state index in [4.69, 9.17) is 0 Å². The van der Waals surface area contributed by atoms with Crippen molar-refractivity contribution in [2.45, 2.75) is 13.0 Å². The molecule has 0 aliphatic carbocycles. The number of amides is 3. The van der Waals surface area contributed by atoms with E-state index in [0.717, 1.165) is 0 Å². The number of rotatable bonds is 2. The van der Waals surface area contributed by atoms with Gasteiger partial charge in [-0.1, -0.05) is 0 Å². The molecule has 1 fully saturated rings. The zero-order chi connectivity index (χ0) is 16.3. The lowest BCUT2D eigenvalue weighted by Gasteiger charge is -2.41. The molecule has 1 aromatic heterocycles. The fourth-order valence-corrected chi connectivity index (χ4v) is 2.48. The molecule has 1 atom stereocenters. The summed E-state index contributed by atoms with van der Waals surface area (Å²) in [6.07, 6.45) is 3.07. The third kappa shape index (κ3) is 3.24. The van der Waals surface area contributed by atoms with E-state index in [1.165, 1.54) is 22.9 Å². The molecule has 0 radical (unpaired) electrons. The Labute approximate surface area is 129 Å². The number of nitrogens with zero attached hydrogens (tertiary/aromatic N) is 4. The van der Waals surface area contributed by atoms with Gasteiger partial charge >= 0.3 is 0 Å². The number of carbonyl (C=O) groups is 3. The third-order valence-electron chi connectivity index (χ3n) is 3.72. The second-order valence-corrected chi connectivity index (χ2v) is 5.45. The van der Waals surface area contributed by atoms with Crippen molar-refractivity contribution in [2.75, 3.05) is 33.7 Å². The summed E-state index contributed by atoms with van der Waals surface area (Å²) in [7, 11) is 3.28.